The molecule has 31 heavy (non-hydrogen) atoms. The van der Waals surface area contributed by atoms with E-state index in [2.05, 4.69) is 39.1 Å². The molecule has 4 aliphatic carbocycles. The fraction of sp³-hybridized carbons (Fsp3) is 0.857. The van der Waals surface area contributed by atoms with E-state index in [1.807, 2.05) is 0 Å². The van der Waals surface area contributed by atoms with Gasteiger partial charge in [-0.15, -0.1) is 0 Å². The first-order valence-electron chi connectivity index (χ1n) is 13.1. The highest BCUT2D eigenvalue weighted by Gasteiger charge is 2.58. The third-order valence-corrected chi connectivity index (χ3v) is 10.6. The van der Waals surface area contributed by atoms with Gasteiger partial charge in [0.1, 0.15) is 5.78 Å². The van der Waals surface area contributed by atoms with Crippen molar-refractivity contribution in [2.45, 2.75) is 98.3 Å². The topological polar surface area (TPSA) is 46.2 Å². The first kappa shape index (κ1) is 23.1. The second-order valence-electron chi connectivity index (χ2n) is 12.1. The van der Waals surface area contributed by atoms with Crippen LogP contribution in [0.3, 0.4) is 0 Å². The Bertz CT molecular complexity index is 741. The molecule has 174 valence electrons. The molecule has 0 saturated heterocycles. The van der Waals surface area contributed by atoms with Gasteiger partial charge in [0, 0.05) is 25.8 Å². The molecule has 0 aromatic heterocycles. The number of carbonyl (C=O) groups is 2. The molecule has 3 saturated carbocycles. The van der Waals surface area contributed by atoms with E-state index < -0.39 is 0 Å². The first-order valence-corrected chi connectivity index (χ1v) is 13.1. The van der Waals surface area contributed by atoms with Gasteiger partial charge >= 0.3 is 0 Å². The number of nitrogens with one attached hydrogen (secondary N) is 1. The Balaban J connectivity index is 1.43. The van der Waals surface area contributed by atoms with E-state index in [0.29, 0.717) is 22.5 Å². The Kier molecular flexibility index (Phi) is 6.45. The van der Waals surface area contributed by atoms with Gasteiger partial charge in [-0.2, -0.15) is 0 Å². The maximum Gasteiger partial charge on any atom is 0.222 e. The normalized spacial score (nSPS) is 41.5. The van der Waals surface area contributed by atoms with E-state index in [4.69, 9.17) is 0 Å². The summed E-state index contributed by atoms with van der Waals surface area (Å²) in [4.78, 5) is 23.9. The maximum atomic E-state index is 12.1. The third kappa shape index (κ3) is 3.93. The average Bonchev–Trinajstić information content (AvgIpc) is 3.10. The van der Waals surface area contributed by atoms with Crippen LogP contribution in [0, 0.1) is 46.3 Å². The SMILES string of the molecule is CNC(=O)[C@@H](C)CCC[C@@H](C)[C@H]1CC[C@H]2C3=CC[C@H]4CC(=O)CC[C@]4(C)C3CC[C@]12C. The molecule has 0 aromatic carbocycles. The number of ketones is 1. The van der Waals surface area contributed by atoms with E-state index in [-0.39, 0.29) is 11.8 Å². The monoisotopic (exact) mass is 427 g/mol. The summed E-state index contributed by atoms with van der Waals surface area (Å²) in [6.07, 6.45) is 15.3. The first-order chi connectivity index (χ1) is 14.7. The predicted molar refractivity (Wildman–Crippen MR) is 126 cm³/mol. The molecule has 0 heterocycles. The molecule has 0 aromatic rings. The van der Waals surface area contributed by atoms with Gasteiger partial charge in [0.15, 0.2) is 0 Å². The smallest absolute Gasteiger partial charge is 0.222 e. The molecule has 0 spiro atoms. The van der Waals surface area contributed by atoms with Gasteiger partial charge in [-0.1, -0.05) is 52.2 Å². The highest BCUT2D eigenvalue weighted by molar-refractivity contribution is 5.80. The van der Waals surface area contributed by atoms with Crippen molar-refractivity contribution in [1.29, 1.82) is 0 Å². The zero-order valence-corrected chi connectivity index (χ0v) is 20.6. The van der Waals surface area contributed by atoms with Crippen LogP contribution in [0.4, 0.5) is 0 Å². The highest BCUT2D eigenvalue weighted by Crippen LogP contribution is 2.66. The summed E-state index contributed by atoms with van der Waals surface area (Å²) in [7, 11) is 1.74. The maximum absolute atomic E-state index is 12.1. The Morgan fingerprint density at radius 2 is 1.84 bits per heavy atom. The standard InChI is InChI=1S/C28H45NO2/c1-18(7-6-8-19(2)26(31)29-5)23-11-12-24-22-10-9-20-17-21(30)13-15-27(20,3)25(22)14-16-28(23,24)4/h10,18-20,23-25H,6-9,11-17H2,1-5H3,(H,29,31)/t18-,19+,20+,23-,24+,25?,27+,28-/m1/s1. The van der Waals surface area contributed by atoms with Crippen LogP contribution >= 0.6 is 0 Å². The van der Waals surface area contributed by atoms with E-state index in [1.54, 1.807) is 12.6 Å². The van der Waals surface area contributed by atoms with E-state index in [9.17, 15) is 9.59 Å². The van der Waals surface area contributed by atoms with Crippen molar-refractivity contribution in [2.75, 3.05) is 7.05 Å². The number of amides is 1. The summed E-state index contributed by atoms with van der Waals surface area (Å²) in [6, 6.07) is 0. The lowest BCUT2D eigenvalue weighted by Crippen LogP contribution is -2.49. The Morgan fingerprint density at radius 1 is 1.10 bits per heavy atom. The minimum Gasteiger partial charge on any atom is -0.359 e. The van der Waals surface area contributed by atoms with Crippen molar-refractivity contribution < 1.29 is 9.59 Å². The molecule has 8 atom stereocenters. The van der Waals surface area contributed by atoms with Gasteiger partial charge in [-0.3, -0.25) is 9.59 Å². The number of allylic oxidation sites excluding steroid dienone is 2. The van der Waals surface area contributed by atoms with E-state index in [1.165, 1.54) is 32.1 Å². The molecule has 3 heteroatoms. The molecule has 4 rings (SSSR count). The average molecular weight is 428 g/mol. The van der Waals surface area contributed by atoms with Crippen LogP contribution in [0.1, 0.15) is 98.3 Å². The molecule has 4 aliphatic rings. The molecule has 0 radical (unpaired) electrons. The van der Waals surface area contributed by atoms with Crippen LogP contribution in [0.25, 0.3) is 0 Å². The van der Waals surface area contributed by atoms with Crippen molar-refractivity contribution in [2.24, 2.45) is 46.3 Å². The second-order valence-corrected chi connectivity index (χ2v) is 12.1. The number of Topliss-reactive ketones (excluding diaryl/α,β-unsaturated/α-hetero) is 1. The minimum absolute atomic E-state index is 0.128. The highest BCUT2D eigenvalue weighted by atomic mass is 16.1. The molecule has 3 fully saturated rings. The van der Waals surface area contributed by atoms with Crippen LogP contribution < -0.4 is 5.32 Å². The number of hydrogen-bond donors (Lipinski definition) is 1. The molecule has 0 aliphatic heterocycles. The third-order valence-electron chi connectivity index (χ3n) is 10.6. The largest absolute Gasteiger partial charge is 0.359 e. The second kappa shape index (κ2) is 8.67. The molecule has 1 amide bonds. The van der Waals surface area contributed by atoms with Crippen molar-refractivity contribution in [3.63, 3.8) is 0 Å². The van der Waals surface area contributed by atoms with Gasteiger partial charge in [-0.05, 0) is 85.4 Å². The fourth-order valence-electron chi connectivity index (χ4n) is 8.60. The molecule has 1 N–H and O–H groups in total. The lowest BCUT2D eigenvalue weighted by atomic mass is 9.47. The number of fused-ring (bicyclic) bond motifs is 5. The minimum atomic E-state index is 0.128. The van der Waals surface area contributed by atoms with Gasteiger partial charge < -0.3 is 5.32 Å². The Hall–Kier alpha value is -1.12. The van der Waals surface area contributed by atoms with Crippen LogP contribution in [0.5, 0.6) is 0 Å². The summed E-state index contributed by atoms with van der Waals surface area (Å²) < 4.78 is 0. The van der Waals surface area contributed by atoms with Gasteiger partial charge in [0.05, 0.1) is 0 Å². The molecular weight excluding hydrogens is 382 g/mol. The number of rotatable bonds is 6. The number of carbonyl (C=O) groups excluding carboxylic acids is 2. The zero-order chi connectivity index (χ0) is 22.4. The predicted octanol–water partition coefficient (Wildman–Crippen LogP) is 6.32. The van der Waals surface area contributed by atoms with Crippen molar-refractivity contribution >= 4 is 11.7 Å². The van der Waals surface area contributed by atoms with Crippen molar-refractivity contribution in [3.05, 3.63) is 11.6 Å². The van der Waals surface area contributed by atoms with Gasteiger partial charge in [0.2, 0.25) is 5.91 Å². The Labute approximate surface area is 190 Å². The van der Waals surface area contributed by atoms with Crippen LogP contribution in [0.2, 0.25) is 0 Å². The fourth-order valence-corrected chi connectivity index (χ4v) is 8.60. The van der Waals surface area contributed by atoms with Crippen LogP contribution in [-0.4, -0.2) is 18.7 Å². The van der Waals surface area contributed by atoms with Crippen molar-refractivity contribution in [1.82, 2.24) is 5.32 Å². The molecular formula is C28H45NO2. The van der Waals surface area contributed by atoms with E-state index >= 15 is 0 Å². The molecule has 3 nitrogen and oxygen atoms in total. The Morgan fingerprint density at radius 3 is 2.58 bits per heavy atom. The van der Waals surface area contributed by atoms with Gasteiger partial charge in [0.25, 0.3) is 0 Å². The summed E-state index contributed by atoms with van der Waals surface area (Å²) in [5.74, 6) is 4.43. The quantitative estimate of drug-likeness (QED) is 0.504. The lowest BCUT2D eigenvalue weighted by molar-refractivity contribution is -0.127. The molecule has 0 bridgehead atoms. The number of hydrogen-bond acceptors (Lipinski definition) is 2. The lowest BCUT2D eigenvalue weighted by Gasteiger charge is -2.57. The summed E-state index contributed by atoms with van der Waals surface area (Å²) in [6.45, 7) is 9.66. The van der Waals surface area contributed by atoms with Crippen molar-refractivity contribution in [3.8, 4) is 0 Å². The zero-order valence-electron chi connectivity index (χ0n) is 20.6. The summed E-state index contributed by atoms with van der Waals surface area (Å²) in [5.41, 5.74) is 2.60. The summed E-state index contributed by atoms with van der Waals surface area (Å²) >= 11 is 0. The van der Waals surface area contributed by atoms with E-state index in [0.717, 1.165) is 62.2 Å². The summed E-state index contributed by atoms with van der Waals surface area (Å²) in [5, 5.41) is 2.79. The van der Waals surface area contributed by atoms with Crippen LogP contribution in [-0.2, 0) is 9.59 Å². The van der Waals surface area contributed by atoms with Crippen LogP contribution in [0.15, 0.2) is 11.6 Å². The molecule has 1 unspecified atom stereocenters. The van der Waals surface area contributed by atoms with Gasteiger partial charge in [-0.25, -0.2) is 0 Å².